The van der Waals surface area contributed by atoms with Gasteiger partial charge in [0.05, 0.1) is 11.4 Å². The minimum atomic E-state index is -0.501. The van der Waals surface area contributed by atoms with Crippen LogP contribution in [0.4, 0.5) is 4.39 Å². The number of pyridine rings is 3. The Hall–Kier alpha value is -3.52. The monoisotopic (exact) mass is 902 g/mol. The molecular formula is C30H28FI2N9O2SV. The second kappa shape index (κ2) is 20.6. The number of aromatic amines is 3. The van der Waals surface area contributed by atoms with Crippen molar-refractivity contribution in [3.05, 3.63) is 135 Å². The van der Waals surface area contributed by atoms with Crippen LogP contribution in [-0.2, 0) is 9.47 Å². The summed E-state index contributed by atoms with van der Waals surface area (Å²) in [7, 11) is 0.628. The Balaban J connectivity index is 0.000000228. The SMILES string of the molecule is C.Cc1nccc(-c2cc[nH]c(=O)c2)n1.Cc1nccc(-c2ccnc(F)c2)n1.O=c1cc(-c2ccnc(=S)[nH]2)cc[nH]1.[I][V][I]. The van der Waals surface area contributed by atoms with Gasteiger partial charge in [0.1, 0.15) is 11.6 Å². The Morgan fingerprint density at radius 2 is 1.17 bits per heavy atom. The van der Waals surface area contributed by atoms with E-state index in [-0.39, 0.29) is 18.5 Å². The van der Waals surface area contributed by atoms with E-state index in [9.17, 15) is 14.0 Å². The van der Waals surface area contributed by atoms with E-state index in [4.69, 9.17) is 12.2 Å². The fourth-order valence-electron chi connectivity index (χ4n) is 3.55. The summed E-state index contributed by atoms with van der Waals surface area (Å²) in [5.41, 5.74) is 4.31. The van der Waals surface area contributed by atoms with Crippen molar-refractivity contribution >= 4 is 52.2 Å². The Kier molecular flexibility index (Phi) is 17.3. The number of H-pyrrole nitrogens is 3. The van der Waals surface area contributed by atoms with E-state index in [0.717, 1.165) is 22.5 Å². The molecule has 6 aromatic heterocycles. The summed E-state index contributed by atoms with van der Waals surface area (Å²) >= 11 is 9.62. The first-order chi connectivity index (χ1) is 21.7. The summed E-state index contributed by atoms with van der Waals surface area (Å²) in [6, 6.07) is 15.0. The van der Waals surface area contributed by atoms with Gasteiger partial charge in [0.25, 0.3) is 0 Å². The van der Waals surface area contributed by atoms with Gasteiger partial charge in [-0.05, 0) is 62.5 Å². The van der Waals surface area contributed by atoms with Crippen molar-refractivity contribution in [1.29, 1.82) is 0 Å². The van der Waals surface area contributed by atoms with Gasteiger partial charge in [-0.2, -0.15) is 4.39 Å². The molecule has 0 aromatic carbocycles. The van der Waals surface area contributed by atoms with E-state index in [2.05, 4.69) is 84.8 Å². The van der Waals surface area contributed by atoms with Crippen molar-refractivity contribution in [3.63, 3.8) is 0 Å². The van der Waals surface area contributed by atoms with E-state index < -0.39 is 5.95 Å². The van der Waals surface area contributed by atoms with E-state index in [1.165, 1.54) is 24.4 Å². The molecule has 6 heterocycles. The molecule has 6 rings (SSSR count). The van der Waals surface area contributed by atoms with Crippen molar-refractivity contribution in [2.45, 2.75) is 21.3 Å². The topological polar surface area (TPSA) is 159 Å². The molecule has 0 aliphatic heterocycles. The molecule has 237 valence electrons. The molecule has 6 aromatic rings. The summed E-state index contributed by atoms with van der Waals surface area (Å²) in [6.45, 7) is 3.61. The Labute approximate surface area is 298 Å². The predicted octanol–water partition coefficient (Wildman–Crippen LogP) is 7.03. The number of hydrogen-bond donors (Lipinski definition) is 3. The second-order valence-electron chi connectivity index (χ2n) is 8.58. The molecule has 0 spiro atoms. The third-order valence-electron chi connectivity index (χ3n) is 5.41. The molecule has 0 fully saturated rings. The maximum atomic E-state index is 12.8. The van der Waals surface area contributed by atoms with Gasteiger partial charge in [-0.15, -0.1) is 0 Å². The van der Waals surface area contributed by atoms with Gasteiger partial charge in [-0.1, -0.05) is 7.43 Å². The maximum absolute atomic E-state index is 12.8. The number of halogens is 3. The third-order valence-corrected chi connectivity index (χ3v) is 5.61. The number of rotatable bonds is 3. The minimum absolute atomic E-state index is 0. The van der Waals surface area contributed by atoms with Crippen LogP contribution in [0.3, 0.4) is 0 Å². The summed E-state index contributed by atoms with van der Waals surface area (Å²) in [5, 5.41) is 0. The van der Waals surface area contributed by atoms with Gasteiger partial charge in [0, 0.05) is 77.8 Å². The molecule has 0 unspecified atom stereocenters. The Morgan fingerprint density at radius 1 is 0.696 bits per heavy atom. The zero-order valence-electron chi connectivity index (χ0n) is 23.6. The normalized spacial score (nSPS) is 9.50. The van der Waals surface area contributed by atoms with Gasteiger partial charge in [-0.3, -0.25) is 9.59 Å². The quantitative estimate of drug-likeness (QED) is 0.0964. The number of nitrogens with zero attached hydrogens (tertiary/aromatic N) is 6. The first-order valence-corrected chi connectivity index (χ1v) is 22.2. The van der Waals surface area contributed by atoms with Crippen molar-refractivity contribution in [2.75, 3.05) is 0 Å². The molecule has 0 radical (unpaired) electrons. The molecule has 0 aliphatic carbocycles. The molecule has 0 saturated carbocycles. The van der Waals surface area contributed by atoms with Crippen LogP contribution in [-0.4, -0.2) is 44.9 Å². The van der Waals surface area contributed by atoms with Crippen molar-refractivity contribution in [3.8, 4) is 33.8 Å². The molecule has 11 nitrogen and oxygen atoms in total. The average Bonchev–Trinajstić information content (AvgIpc) is 3.02. The van der Waals surface area contributed by atoms with E-state index >= 15 is 0 Å². The second-order valence-corrected chi connectivity index (χ2v) is 20.8. The molecule has 0 bridgehead atoms. The van der Waals surface area contributed by atoms with Crippen LogP contribution in [0.2, 0.25) is 0 Å². The first-order valence-electron chi connectivity index (χ1n) is 12.8. The van der Waals surface area contributed by atoms with E-state index in [1.807, 2.05) is 13.0 Å². The fraction of sp³-hybridized carbons (Fsp3) is 0.100. The number of aromatic nitrogens is 9. The van der Waals surface area contributed by atoms with Gasteiger partial charge in [-0.25, -0.2) is 29.9 Å². The van der Waals surface area contributed by atoms with Gasteiger partial charge < -0.3 is 15.0 Å². The van der Waals surface area contributed by atoms with Crippen LogP contribution in [0.25, 0.3) is 33.8 Å². The summed E-state index contributed by atoms with van der Waals surface area (Å²) in [5.74, 6) is 0.862. The molecule has 46 heavy (non-hydrogen) atoms. The molecule has 3 N–H and O–H groups in total. The van der Waals surface area contributed by atoms with Gasteiger partial charge in [0.2, 0.25) is 17.1 Å². The van der Waals surface area contributed by atoms with Crippen molar-refractivity contribution < 1.29 is 13.9 Å². The van der Waals surface area contributed by atoms with Crippen LogP contribution in [0.5, 0.6) is 0 Å². The molecule has 0 saturated heterocycles. The fourth-order valence-corrected chi connectivity index (χ4v) is 3.72. The van der Waals surface area contributed by atoms with E-state index in [1.54, 1.807) is 68.2 Å². The third kappa shape index (κ3) is 13.5. The predicted molar refractivity (Wildman–Crippen MR) is 193 cm³/mol. The van der Waals surface area contributed by atoms with Crippen molar-refractivity contribution in [2.24, 2.45) is 0 Å². The van der Waals surface area contributed by atoms with Crippen LogP contribution in [0.15, 0.2) is 101 Å². The zero-order valence-corrected chi connectivity index (χ0v) is 30.2. The number of nitrogens with one attached hydrogen (secondary N) is 3. The standard InChI is InChI=1S/C10H8FN3.C10H9N3O.C9H7N3OS.CH4.2HI.V/c1-7-12-5-3-9(14-7)8-2-4-13-10(11)6-8;1-7-11-5-3-9(13-7)8-2-4-12-10(14)6-8;13-8-5-6(1-3-10-8)7-2-4-11-9(14)12-7;;;;/h2-6H,1H3;2-6H,1H3,(H,12,14);1-5H,(H,10,13)(H,11,12,14);1H4;2*1H;/q;;;;;;+2/p-2. The number of aryl methyl sites for hydroxylation is 2. The van der Waals surface area contributed by atoms with Crippen LogP contribution < -0.4 is 11.1 Å². The first kappa shape index (κ1) is 38.7. The average molecular weight is 902 g/mol. The molecule has 16 heteroatoms. The summed E-state index contributed by atoms with van der Waals surface area (Å²) < 4.78 is 13.2. The van der Waals surface area contributed by atoms with Crippen LogP contribution in [0.1, 0.15) is 19.1 Å². The summed E-state index contributed by atoms with van der Waals surface area (Å²) in [6.07, 6.45) is 9.55. The van der Waals surface area contributed by atoms with E-state index in [0.29, 0.717) is 37.1 Å². The van der Waals surface area contributed by atoms with Crippen LogP contribution >= 0.6 is 52.2 Å². The molecule has 0 amide bonds. The molecule has 0 atom stereocenters. The Morgan fingerprint density at radius 3 is 1.67 bits per heavy atom. The zero-order chi connectivity index (χ0) is 32.6. The Bertz CT molecular complexity index is 1920. The molecular weight excluding hydrogens is 874 g/mol. The van der Waals surface area contributed by atoms with Gasteiger partial charge in [0.15, 0.2) is 4.77 Å². The van der Waals surface area contributed by atoms with Crippen LogP contribution in [0, 0.1) is 24.6 Å². The van der Waals surface area contributed by atoms with Crippen molar-refractivity contribution in [1.82, 2.24) is 44.9 Å². The summed E-state index contributed by atoms with van der Waals surface area (Å²) in [4.78, 5) is 53.8. The van der Waals surface area contributed by atoms with Gasteiger partial charge >= 0.3 is 49.4 Å². The number of hydrogen-bond acceptors (Lipinski definition) is 9. The molecule has 0 aliphatic rings.